The summed E-state index contributed by atoms with van der Waals surface area (Å²) < 4.78 is 26.5. The Morgan fingerprint density at radius 3 is 2.55 bits per heavy atom. The van der Waals surface area contributed by atoms with Gasteiger partial charge in [0.25, 0.3) is 10.0 Å². The summed E-state index contributed by atoms with van der Waals surface area (Å²) in [6.07, 6.45) is 1.42. The molecule has 2 aromatic rings. The third-order valence-corrected chi connectivity index (χ3v) is 4.72. The van der Waals surface area contributed by atoms with Crippen molar-refractivity contribution >= 4 is 21.4 Å². The van der Waals surface area contributed by atoms with Gasteiger partial charge in [-0.15, -0.1) is 0 Å². The summed E-state index contributed by atoms with van der Waals surface area (Å²) in [5.41, 5.74) is 4.07. The predicted octanol–water partition coefficient (Wildman–Crippen LogP) is 1.50. The Morgan fingerprint density at radius 2 is 1.90 bits per heavy atom. The molecule has 1 heterocycles. The molecule has 0 aliphatic rings. The number of nitrogens with one attached hydrogen (secondary N) is 1. The monoisotopic (exact) mass is 292 g/mol. The van der Waals surface area contributed by atoms with Crippen LogP contribution < -0.4 is 15.6 Å². The molecule has 2 rings (SSSR count). The Balaban J connectivity index is 2.53. The topological polar surface area (TPSA) is 88.3 Å². The minimum Gasteiger partial charge on any atom is -0.321 e. The minimum absolute atomic E-state index is 0.103. The summed E-state index contributed by atoms with van der Waals surface area (Å²) >= 11 is 0. The number of nitrogens with zero attached hydrogens (tertiary/aromatic N) is 2. The van der Waals surface area contributed by atoms with Gasteiger partial charge < -0.3 is 5.43 Å². The van der Waals surface area contributed by atoms with Gasteiger partial charge in [0, 0.05) is 13.2 Å². The number of aryl methyl sites for hydroxylation is 1. The van der Waals surface area contributed by atoms with Crippen LogP contribution >= 0.6 is 0 Å². The third kappa shape index (κ3) is 2.45. The van der Waals surface area contributed by atoms with Crippen LogP contribution in [0.1, 0.15) is 5.56 Å². The number of para-hydroxylation sites is 1. The summed E-state index contributed by atoms with van der Waals surface area (Å²) in [6.45, 7) is 1.85. The molecular weight excluding hydrogens is 276 g/mol. The Labute approximate surface area is 118 Å². The van der Waals surface area contributed by atoms with E-state index in [2.05, 4.69) is 10.4 Å². The zero-order chi connectivity index (χ0) is 14.8. The minimum atomic E-state index is -3.78. The van der Waals surface area contributed by atoms with Gasteiger partial charge in [0.15, 0.2) is 0 Å². The fourth-order valence-corrected chi connectivity index (χ4v) is 3.20. The lowest BCUT2D eigenvalue weighted by Crippen LogP contribution is -2.29. The number of hydrazine groups is 1. The van der Waals surface area contributed by atoms with Crippen molar-refractivity contribution in [3.63, 3.8) is 0 Å². The van der Waals surface area contributed by atoms with Gasteiger partial charge in [-0.05, 0) is 30.7 Å². The van der Waals surface area contributed by atoms with E-state index in [1.165, 1.54) is 17.5 Å². The average Bonchev–Trinajstić information content (AvgIpc) is 2.47. The van der Waals surface area contributed by atoms with Crippen molar-refractivity contribution in [3.8, 4) is 0 Å². The second kappa shape index (κ2) is 5.48. The van der Waals surface area contributed by atoms with Gasteiger partial charge in [0.1, 0.15) is 0 Å². The van der Waals surface area contributed by atoms with Crippen molar-refractivity contribution in [2.75, 3.05) is 16.8 Å². The molecule has 0 saturated heterocycles. The van der Waals surface area contributed by atoms with Crippen LogP contribution in [0, 0.1) is 6.92 Å². The van der Waals surface area contributed by atoms with Crippen LogP contribution in [-0.2, 0) is 10.0 Å². The standard InChI is InChI=1S/C13H16N4O2S/c1-10-6-3-4-8-12(10)17(2)20(18,19)13-11(16-14)7-5-9-15-13/h3-9,16H,14H2,1-2H3. The Bertz CT molecular complexity index is 716. The number of nitrogen functional groups attached to an aromatic ring is 1. The van der Waals surface area contributed by atoms with E-state index in [0.29, 0.717) is 5.69 Å². The van der Waals surface area contributed by atoms with E-state index in [-0.39, 0.29) is 10.7 Å². The molecule has 0 saturated carbocycles. The first-order valence-corrected chi connectivity index (χ1v) is 7.38. The molecule has 20 heavy (non-hydrogen) atoms. The normalized spacial score (nSPS) is 11.2. The quantitative estimate of drug-likeness (QED) is 0.658. The predicted molar refractivity (Wildman–Crippen MR) is 78.8 cm³/mol. The third-order valence-electron chi connectivity index (χ3n) is 2.99. The molecule has 0 bridgehead atoms. The van der Waals surface area contributed by atoms with E-state index in [0.717, 1.165) is 5.56 Å². The lowest BCUT2D eigenvalue weighted by Gasteiger charge is -2.21. The van der Waals surface area contributed by atoms with Crippen LogP contribution in [0.4, 0.5) is 11.4 Å². The Kier molecular flexibility index (Phi) is 3.91. The molecule has 0 fully saturated rings. The van der Waals surface area contributed by atoms with Gasteiger partial charge in [-0.25, -0.2) is 4.98 Å². The molecule has 0 aliphatic heterocycles. The van der Waals surface area contributed by atoms with Crippen LogP contribution in [-0.4, -0.2) is 20.4 Å². The number of rotatable bonds is 4. The molecule has 0 amide bonds. The van der Waals surface area contributed by atoms with Crippen LogP contribution in [0.15, 0.2) is 47.6 Å². The van der Waals surface area contributed by atoms with Crippen molar-refractivity contribution in [2.45, 2.75) is 11.9 Å². The SMILES string of the molecule is Cc1ccccc1N(C)S(=O)(=O)c1ncccc1NN. The molecule has 0 radical (unpaired) electrons. The molecule has 0 spiro atoms. The van der Waals surface area contributed by atoms with Gasteiger partial charge >= 0.3 is 0 Å². The highest BCUT2D eigenvalue weighted by atomic mass is 32.2. The van der Waals surface area contributed by atoms with Crippen LogP contribution in [0.2, 0.25) is 0 Å². The number of anilines is 2. The van der Waals surface area contributed by atoms with Crippen molar-refractivity contribution < 1.29 is 8.42 Å². The maximum absolute atomic E-state index is 12.6. The highest BCUT2D eigenvalue weighted by Gasteiger charge is 2.26. The maximum atomic E-state index is 12.6. The second-order valence-electron chi connectivity index (χ2n) is 4.26. The summed E-state index contributed by atoms with van der Waals surface area (Å²) in [4.78, 5) is 3.93. The van der Waals surface area contributed by atoms with Gasteiger partial charge in [-0.2, -0.15) is 8.42 Å². The molecule has 7 heteroatoms. The number of hydrogen-bond acceptors (Lipinski definition) is 5. The highest BCUT2D eigenvalue weighted by Crippen LogP contribution is 2.27. The first-order valence-electron chi connectivity index (χ1n) is 5.94. The van der Waals surface area contributed by atoms with E-state index in [1.54, 1.807) is 24.3 Å². The molecular formula is C13H16N4O2S. The average molecular weight is 292 g/mol. The molecule has 0 atom stereocenters. The van der Waals surface area contributed by atoms with Crippen molar-refractivity contribution in [2.24, 2.45) is 5.84 Å². The van der Waals surface area contributed by atoms with Crippen molar-refractivity contribution in [1.82, 2.24) is 4.98 Å². The number of aromatic nitrogens is 1. The van der Waals surface area contributed by atoms with Crippen LogP contribution in [0.25, 0.3) is 0 Å². The fourth-order valence-electron chi connectivity index (χ4n) is 1.88. The van der Waals surface area contributed by atoms with Gasteiger partial charge in [-0.1, -0.05) is 18.2 Å². The van der Waals surface area contributed by atoms with E-state index < -0.39 is 10.0 Å². The smallest absolute Gasteiger partial charge is 0.283 e. The molecule has 1 aromatic carbocycles. The van der Waals surface area contributed by atoms with Crippen LogP contribution in [0.5, 0.6) is 0 Å². The Morgan fingerprint density at radius 1 is 1.20 bits per heavy atom. The van der Waals surface area contributed by atoms with E-state index >= 15 is 0 Å². The van der Waals surface area contributed by atoms with E-state index in [4.69, 9.17) is 5.84 Å². The van der Waals surface area contributed by atoms with Crippen molar-refractivity contribution in [1.29, 1.82) is 0 Å². The van der Waals surface area contributed by atoms with Gasteiger partial charge in [0.05, 0.1) is 11.4 Å². The lowest BCUT2D eigenvalue weighted by atomic mass is 10.2. The van der Waals surface area contributed by atoms with Gasteiger partial charge in [0.2, 0.25) is 5.03 Å². The molecule has 6 nitrogen and oxygen atoms in total. The van der Waals surface area contributed by atoms with Gasteiger partial charge in [-0.3, -0.25) is 10.1 Å². The van der Waals surface area contributed by atoms with E-state index in [1.807, 2.05) is 19.1 Å². The Hall–Kier alpha value is -2.12. The number of sulfonamides is 1. The summed E-state index contributed by atoms with van der Waals surface area (Å²) in [5, 5.41) is -0.103. The van der Waals surface area contributed by atoms with E-state index in [9.17, 15) is 8.42 Å². The second-order valence-corrected chi connectivity index (χ2v) is 6.14. The molecule has 3 N–H and O–H groups in total. The number of benzene rings is 1. The van der Waals surface area contributed by atoms with Crippen molar-refractivity contribution in [3.05, 3.63) is 48.2 Å². The van der Waals surface area contributed by atoms with Crippen LogP contribution in [0.3, 0.4) is 0 Å². The molecule has 0 unspecified atom stereocenters. The summed E-state index contributed by atoms with van der Waals surface area (Å²) in [7, 11) is -2.28. The number of nitrogens with two attached hydrogens (primary N) is 1. The summed E-state index contributed by atoms with van der Waals surface area (Å²) in [6, 6.07) is 10.4. The lowest BCUT2D eigenvalue weighted by molar-refractivity contribution is 0.591. The maximum Gasteiger partial charge on any atom is 0.283 e. The molecule has 0 aliphatic carbocycles. The number of hydrogen-bond donors (Lipinski definition) is 2. The number of pyridine rings is 1. The molecule has 1 aromatic heterocycles. The zero-order valence-electron chi connectivity index (χ0n) is 11.2. The summed E-state index contributed by atoms with van der Waals surface area (Å²) in [5.74, 6) is 5.34. The first-order chi connectivity index (χ1) is 9.48. The largest absolute Gasteiger partial charge is 0.321 e. The fraction of sp³-hybridized carbons (Fsp3) is 0.154. The highest BCUT2D eigenvalue weighted by molar-refractivity contribution is 7.92. The first kappa shape index (κ1) is 14.3. The zero-order valence-corrected chi connectivity index (χ0v) is 12.1. The molecule has 106 valence electrons.